The fourth-order valence-corrected chi connectivity index (χ4v) is 6.35. The molecular weight excluding hydrogens is 472 g/mol. The second-order valence-electron chi connectivity index (χ2n) is 10.7. The van der Waals surface area contributed by atoms with Gasteiger partial charge in [0.2, 0.25) is 0 Å². The maximum Gasteiger partial charge on any atom is 0.336 e. The molecule has 192 valence electrons. The van der Waals surface area contributed by atoms with Gasteiger partial charge in [0.25, 0.3) is 0 Å². The molecule has 4 unspecified atom stereocenters. The first-order valence-electron chi connectivity index (χ1n) is 12.6. The molecule has 2 aliphatic rings. The summed E-state index contributed by atoms with van der Waals surface area (Å²) in [6.45, 7) is 4.50. The zero-order chi connectivity index (χ0) is 25.9. The van der Waals surface area contributed by atoms with Crippen molar-refractivity contribution in [3.63, 3.8) is 0 Å². The van der Waals surface area contributed by atoms with Crippen LogP contribution in [0.25, 0.3) is 21.9 Å². The number of hydrogen-bond acceptors (Lipinski definition) is 7. The number of benzene rings is 2. The molecule has 37 heavy (non-hydrogen) atoms. The van der Waals surface area contributed by atoms with E-state index >= 15 is 0 Å². The highest BCUT2D eigenvalue weighted by atomic mass is 16.6. The molecule has 6 rings (SSSR count). The maximum atomic E-state index is 11.8. The lowest BCUT2D eigenvalue weighted by molar-refractivity contribution is 0.189. The summed E-state index contributed by atoms with van der Waals surface area (Å²) >= 11 is 0. The average molecular weight is 503 g/mol. The van der Waals surface area contributed by atoms with E-state index in [1.54, 1.807) is 32.4 Å². The summed E-state index contributed by atoms with van der Waals surface area (Å²) in [4.78, 5) is 23.5. The predicted molar refractivity (Wildman–Crippen MR) is 140 cm³/mol. The first-order chi connectivity index (χ1) is 17.7. The number of aryl methyl sites for hydroxylation is 1. The topological polar surface area (TPSA) is 91.4 Å². The molecule has 2 aromatic heterocycles. The van der Waals surface area contributed by atoms with E-state index in [0.29, 0.717) is 16.9 Å². The summed E-state index contributed by atoms with van der Waals surface area (Å²) < 4.78 is 28.6. The molecule has 0 amide bonds. The second-order valence-corrected chi connectivity index (χ2v) is 10.7. The van der Waals surface area contributed by atoms with Gasteiger partial charge in [0.05, 0.1) is 25.9 Å². The first-order valence-corrected chi connectivity index (χ1v) is 12.6. The van der Waals surface area contributed by atoms with Crippen molar-refractivity contribution >= 4 is 21.9 Å². The molecule has 4 atom stereocenters. The summed E-state index contributed by atoms with van der Waals surface area (Å²) in [5.41, 5.74) is 2.12. The minimum Gasteiger partial charge on any atom is -0.496 e. The van der Waals surface area contributed by atoms with Crippen LogP contribution in [-0.2, 0) is 16.6 Å². The van der Waals surface area contributed by atoms with Crippen molar-refractivity contribution in [2.75, 3.05) is 14.2 Å². The number of rotatable bonds is 6. The van der Waals surface area contributed by atoms with E-state index in [1.165, 1.54) is 12.1 Å². The highest BCUT2D eigenvalue weighted by molar-refractivity contribution is 5.80. The van der Waals surface area contributed by atoms with Crippen LogP contribution in [0.2, 0.25) is 0 Å². The summed E-state index contributed by atoms with van der Waals surface area (Å²) in [5.74, 6) is 1.65. The predicted octanol–water partition coefficient (Wildman–Crippen LogP) is 5.37. The van der Waals surface area contributed by atoms with Crippen molar-refractivity contribution < 1.29 is 23.0 Å². The lowest BCUT2D eigenvalue weighted by atomic mass is 9.60. The van der Waals surface area contributed by atoms with Crippen LogP contribution in [0.5, 0.6) is 11.5 Å². The molecule has 7 heteroatoms. The highest BCUT2D eigenvalue weighted by Crippen LogP contribution is 2.60. The smallest absolute Gasteiger partial charge is 0.336 e. The Labute approximate surface area is 213 Å². The number of fused-ring (bicyclic) bond motifs is 3. The zero-order valence-electron chi connectivity index (χ0n) is 21.5. The van der Waals surface area contributed by atoms with E-state index in [9.17, 15) is 9.59 Å². The van der Waals surface area contributed by atoms with Gasteiger partial charge in [0.15, 0.2) is 0 Å². The van der Waals surface area contributed by atoms with E-state index in [-0.39, 0.29) is 34.3 Å². The van der Waals surface area contributed by atoms with Gasteiger partial charge < -0.3 is 23.0 Å². The summed E-state index contributed by atoms with van der Waals surface area (Å²) in [6.07, 6.45) is 3.71. The standard InChI is InChI=1S/C30H30O7/c1-29(21-14-19-7-10-27(32)36-24(19)16-25(21)34-4)11-12-30(2)28(37-30)20(29)8-5-17-13-18-6-9-26(31)35-23(18)15-22(17)33-3/h6-7,9-10,13-16,20,28H,5,8,11-12H2,1-4H3. The Morgan fingerprint density at radius 1 is 0.838 bits per heavy atom. The van der Waals surface area contributed by atoms with Crippen molar-refractivity contribution in [2.24, 2.45) is 5.92 Å². The Bertz CT molecular complexity index is 1630. The molecule has 0 spiro atoms. The lowest BCUT2D eigenvalue weighted by Crippen LogP contribution is -2.43. The third-order valence-corrected chi connectivity index (χ3v) is 8.57. The largest absolute Gasteiger partial charge is 0.496 e. The monoisotopic (exact) mass is 502 g/mol. The number of ether oxygens (including phenoxy) is 3. The zero-order valence-corrected chi connectivity index (χ0v) is 21.5. The van der Waals surface area contributed by atoms with Crippen molar-refractivity contribution in [2.45, 2.75) is 56.7 Å². The molecule has 1 saturated carbocycles. The Morgan fingerprint density at radius 3 is 2.11 bits per heavy atom. The molecule has 0 N–H and O–H groups in total. The van der Waals surface area contributed by atoms with Gasteiger partial charge in [-0.05, 0) is 68.4 Å². The summed E-state index contributed by atoms with van der Waals surface area (Å²) in [6, 6.07) is 14.3. The minimum absolute atomic E-state index is 0.0993. The second kappa shape index (κ2) is 8.48. The molecule has 4 aromatic rings. The molecule has 1 aliphatic heterocycles. The van der Waals surface area contributed by atoms with E-state index in [2.05, 4.69) is 19.9 Å². The van der Waals surface area contributed by atoms with Gasteiger partial charge in [0.1, 0.15) is 22.7 Å². The van der Waals surface area contributed by atoms with Crippen LogP contribution in [0, 0.1) is 5.92 Å². The van der Waals surface area contributed by atoms with Gasteiger partial charge >= 0.3 is 11.3 Å². The van der Waals surface area contributed by atoms with Gasteiger partial charge in [-0.3, -0.25) is 0 Å². The van der Waals surface area contributed by atoms with Gasteiger partial charge in [0, 0.05) is 46.0 Å². The SMILES string of the molecule is COc1cc2oc(=O)ccc2cc1CCC1C2OC2(C)CCC1(C)c1cc2ccc(=O)oc2cc1OC. The maximum absolute atomic E-state index is 11.8. The normalized spacial score (nSPS) is 26.7. The Balaban J connectivity index is 1.39. The lowest BCUT2D eigenvalue weighted by Gasteiger charge is -2.42. The minimum atomic E-state index is -0.381. The van der Waals surface area contributed by atoms with Crippen LogP contribution in [0.15, 0.2) is 67.0 Å². The van der Waals surface area contributed by atoms with Crippen LogP contribution < -0.4 is 20.7 Å². The Morgan fingerprint density at radius 2 is 1.46 bits per heavy atom. The van der Waals surface area contributed by atoms with Crippen molar-refractivity contribution in [1.82, 2.24) is 0 Å². The van der Waals surface area contributed by atoms with Crippen LogP contribution in [0.4, 0.5) is 0 Å². The molecule has 1 saturated heterocycles. The highest BCUT2D eigenvalue weighted by Gasteiger charge is 2.64. The fourth-order valence-electron chi connectivity index (χ4n) is 6.35. The van der Waals surface area contributed by atoms with Crippen molar-refractivity contribution in [3.8, 4) is 11.5 Å². The third kappa shape index (κ3) is 3.93. The molecule has 0 bridgehead atoms. The van der Waals surface area contributed by atoms with Crippen molar-refractivity contribution in [1.29, 1.82) is 0 Å². The van der Waals surface area contributed by atoms with E-state index in [4.69, 9.17) is 23.0 Å². The van der Waals surface area contributed by atoms with E-state index in [0.717, 1.165) is 53.3 Å². The fraction of sp³-hybridized carbons (Fsp3) is 0.400. The third-order valence-electron chi connectivity index (χ3n) is 8.57. The molecule has 3 heterocycles. The molecule has 7 nitrogen and oxygen atoms in total. The average Bonchev–Trinajstić information content (AvgIpc) is 3.58. The van der Waals surface area contributed by atoms with Crippen LogP contribution in [0.3, 0.4) is 0 Å². The molecule has 2 aromatic carbocycles. The van der Waals surface area contributed by atoms with Gasteiger partial charge in [-0.25, -0.2) is 9.59 Å². The number of epoxide rings is 1. The quantitative estimate of drug-likeness (QED) is 0.258. The number of methoxy groups -OCH3 is 2. The van der Waals surface area contributed by atoms with E-state index in [1.807, 2.05) is 12.1 Å². The van der Waals surface area contributed by atoms with Gasteiger partial charge in [-0.1, -0.05) is 6.92 Å². The number of hydrogen-bond donors (Lipinski definition) is 0. The summed E-state index contributed by atoms with van der Waals surface area (Å²) in [5, 5.41) is 1.74. The molecule has 0 radical (unpaired) electrons. The Kier molecular flexibility index (Phi) is 5.46. The molecular formula is C30H30O7. The summed E-state index contributed by atoms with van der Waals surface area (Å²) in [7, 11) is 3.29. The van der Waals surface area contributed by atoms with Crippen LogP contribution in [-0.4, -0.2) is 25.9 Å². The first kappa shape index (κ1) is 23.8. The molecule has 1 aliphatic carbocycles. The van der Waals surface area contributed by atoms with E-state index < -0.39 is 0 Å². The van der Waals surface area contributed by atoms with Crippen molar-refractivity contribution in [3.05, 3.63) is 80.5 Å². The van der Waals surface area contributed by atoms with Crippen LogP contribution >= 0.6 is 0 Å². The molecule has 2 fully saturated rings. The van der Waals surface area contributed by atoms with Gasteiger partial charge in [-0.15, -0.1) is 0 Å². The van der Waals surface area contributed by atoms with Crippen LogP contribution in [0.1, 0.15) is 44.2 Å². The Hall–Kier alpha value is -3.58. The van der Waals surface area contributed by atoms with Gasteiger partial charge in [-0.2, -0.15) is 0 Å².